The predicted molar refractivity (Wildman–Crippen MR) is 62.8 cm³/mol. The van der Waals surface area contributed by atoms with Crippen LogP contribution in [0.5, 0.6) is 0 Å². The zero-order chi connectivity index (χ0) is 12.8. The summed E-state index contributed by atoms with van der Waals surface area (Å²) in [5.41, 5.74) is 2.03. The van der Waals surface area contributed by atoms with Crippen LogP contribution in [0.25, 0.3) is 0 Å². The summed E-state index contributed by atoms with van der Waals surface area (Å²) in [6.07, 6.45) is -0.133. The summed E-state index contributed by atoms with van der Waals surface area (Å²) in [5.74, 6) is -3.59. The van der Waals surface area contributed by atoms with Gasteiger partial charge in [-0.1, -0.05) is 12.1 Å². The molecule has 1 unspecified atom stereocenters. The molecule has 96 valence electrons. The third-order valence-corrected chi connectivity index (χ3v) is 3.71. The molecule has 1 saturated heterocycles. The molecule has 3 rings (SSSR count). The Labute approximate surface area is 104 Å². The van der Waals surface area contributed by atoms with Crippen molar-refractivity contribution in [3.05, 3.63) is 34.9 Å². The van der Waals surface area contributed by atoms with Crippen LogP contribution in [0.3, 0.4) is 0 Å². The molecule has 3 nitrogen and oxygen atoms in total. The largest absolute Gasteiger partial charge is 0.348 e. The van der Waals surface area contributed by atoms with E-state index >= 15 is 0 Å². The second-order valence-electron chi connectivity index (χ2n) is 4.87. The molecule has 1 aromatic rings. The Morgan fingerprint density at radius 2 is 2.17 bits per heavy atom. The Morgan fingerprint density at radius 1 is 1.33 bits per heavy atom. The Morgan fingerprint density at radius 3 is 2.94 bits per heavy atom. The Bertz CT molecular complexity index is 502. The van der Waals surface area contributed by atoms with E-state index in [1.165, 1.54) is 0 Å². The molecule has 0 aromatic heterocycles. The number of nitrogens with one attached hydrogen (secondary N) is 2. The van der Waals surface area contributed by atoms with Crippen molar-refractivity contribution in [1.82, 2.24) is 10.6 Å². The highest BCUT2D eigenvalue weighted by molar-refractivity contribution is 5.98. The van der Waals surface area contributed by atoms with Crippen molar-refractivity contribution in [2.75, 3.05) is 13.1 Å². The number of halogens is 2. The van der Waals surface area contributed by atoms with Gasteiger partial charge in [0.25, 0.3) is 11.8 Å². The zero-order valence-corrected chi connectivity index (χ0v) is 9.80. The first kappa shape index (κ1) is 11.6. The fraction of sp³-hybridized carbons (Fsp3) is 0.462. The van der Waals surface area contributed by atoms with Gasteiger partial charge in [-0.05, 0) is 17.2 Å². The zero-order valence-electron chi connectivity index (χ0n) is 9.80. The molecule has 0 aliphatic carbocycles. The Balaban J connectivity index is 1.95. The molecule has 0 spiro atoms. The van der Waals surface area contributed by atoms with Crippen LogP contribution in [0.15, 0.2) is 18.2 Å². The standard InChI is InChI=1S/C13H14F2N2O/c14-13(15)3-4-16-7-11(13)8-1-2-10-9(5-8)6-17-12(10)18/h1-2,5,11,16H,3-4,6-7H2,(H,17,18). The van der Waals surface area contributed by atoms with Crippen molar-refractivity contribution in [3.8, 4) is 0 Å². The van der Waals surface area contributed by atoms with Gasteiger partial charge in [-0.3, -0.25) is 4.79 Å². The summed E-state index contributed by atoms with van der Waals surface area (Å²) in [6.45, 7) is 1.08. The molecule has 0 saturated carbocycles. The summed E-state index contributed by atoms with van der Waals surface area (Å²) >= 11 is 0. The first-order valence-corrected chi connectivity index (χ1v) is 6.07. The van der Waals surface area contributed by atoms with Gasteiger partial charge >= 0.3 is 0 Å². The lowest BCUT2D eigenvalue weighted by atomic mass is 9.86. The summed E-state index contributed by atoms with van der Waals surface area (Å²) in [5, 5.41) is 5.70. The summed E-state index contributed by atoms with van der Waals surface area (Å²) in [4.78, 5) is 11.4. The van der Waals surface area contributed by atoms with E-state index in [1.54, 1.807) is 18.2 Å². The second-order valence-corrected chi connectivity index (χ2v) is 4.87. The molecule has 1 amide bonds. The van der Waals surface area contributed by atoms with Gasteiger partial charge in [0.1, 0.15) is 0 Å². The highest BCUT2D eigenvalue weighted by Gasteiger charge is 2.42. The number of fused-ring (bicyclic) bond motifs is 1. The van der Waals surface area contributed by atoms with Gasteiger partial charge < -0.3 is 10.6 Å². The van der Waals surface area contributed by atoms with E-state index in [1.807, 2.05) is 0 Å². The molecule has 5 heteroatoms. The molecule has 1 atom stereocenters. The molecule has 2 aliphatic rings. The number of alkyl halides is 2. The minimum atomic E-state index is -2.67. The van der Waals surface area contributed by atoms with E-state index < -0.39 is 11.8 Å². The van der Waals surface area contributed by atoms with E-state index in [2.05, 4.69) is 10.6 Å². The molecule has 0 bridgehead atoms. The number of hydrogen-bond donors (Lipinski definition) is 2. The van der Waals surface area contributed by atoms with Crippen molar-refractivity contribution in [3.63, 3.8) is 0 Å². The van der Waals surface area contributed by atoms with Crippen molar-refractivity contribution < 1.29 is 13.6 Å². The molecule has 1 fully saturated rings. The number of carbonyl (C=O) groups is 1. The molecular weight excluding hydrogens is 238 g/mol. The first-order valence-electron chi connectivity index (χ1n) is 6.07. The molecular formula is C13H14F2N2O. The predicted octanol–water partition coefficient (Wildman–Crippen LogP) is 1.64. The van der Waals surface area contributed by atoms with Crippen LogP contribution in [0.4, 0.5) is 8.78 Å². The van der Waals surface area contributed by atoms with Crippen LogP contribution >= 0.6 is 0 Å². The average Bonchev–Trinajstić information content (AvgIpc) is 2.70. The number of rotatable bonds is 1. The van der Waals surface area contributed by atoms with Gasteiger partial charge in [0, 0.05) is 31.6 Å². The highest BCUT2D eigenvalue weighted by atomic mass is 19.3. The lowest BCUT2D eigenvalue weighted by Crippen LogP contribution is -2.42. The summed E-state index contributed by atoms with van der Waals surface area (Å²) in [7, 11) is 0. The molecule has 18 heavy (non-hydrogen) atoms. The normalized spacial score (nSPS) is 25.7. The lowest BCUT2D eigenvalue weighted by Gasteiger charge is -2.32. The van der Waals surface area contributed by atoms with Crippen molar-refractivity contribution in [2.24, 2.45) is 0 Å². The van der Waals surface area contributed by atoms with Crippen LogP contribution in [0.1, 0.15) is 33.8 Å². The van der Waals surface area contributed by atoms with E-state index in [4.69, 9.17) is 0 Å². The third kappa shape index (κ3) is 1.79. The highest BCUT2D eigenvalue weighted by Crippen LogP contribution is 2.38. The maximum atomic E-state index is 13.9. The number of piperidine rings is 1. The second kappa shape index (κ2) is 4.02. The number of benzene rings is 1. The van der Waals surface area contributed by atoms with Gasteiger partial charge in [0.15, 0.2) is 0 Å². The van der Waals surface area contributed by atoms with Crippen LogP contribution in [0, 0.1) is 0 Å². The quantitative estimate of drug-likeness (QED) is 0.797. The van der Waals surface area contributed by atoms with Crippen molar-refractivity contribution in [1.29, 1.82) is 0 Å². The fourth-order valence-electron chi connectivity index (χ4n) is 2.66. The molecule has 2 heterocycles. The van der Waals surface area contributed by atoms with Crippen LogP contribution in [0.2, 0.25) is 0 Å². The molecule has 0 radical (unpaired) electrons. The summed E-state index contributed by atoms with van der Waals surface area (Å²) in [6, 6.07) is 5.03. The van der Waals surface area contributed by atoms with Gasteiger partial charge in [0.2, 0.25) is 0 Å². The number of hydrogen-bond acceptors (Lipinski definition) is 2. The monoisotopic (exact) mass is 252 g/mol. The maximum absolute atomic E-state index is 13.9. The van der Waals surface area contributed by atoms with E-state index in [0.717, 1.165) is 5.56 Å². The van der Waals surface area contributed by atoms with E-state index in [9.17, 15) is 13.6 Å². The van der Waals surface area contributed by atoms with Gasteiger partial charge in [-0.15, -0.1) is 0 Å². The first-order chi connectivity index (χ1) is 8.58. The third-order valence-electron chi connectivity index (χ3n) is 3.71. The lowest BCUT2D eigenvalue weighted by molar-refractivity contribution is -0.0479. The van der Waals surface area contributed by atoms with E-state index in [0.29, 0.717) is 24.2 Å². The Kier molecular flexibility index (Phi) is 2.59. The van der Waals surface area contributed by atoms with Crippen LogP contribution in [-0.2, 0) is 6.54 Å². The molecule has 2 aliphatic heterocycles. The van der Waals surface area contributed by atoms with E-state index in [-0.39, 0.29) is 18.9 Å². The summed E-state index contributed by atoms with van der Waals surface area (Å²) < 4.78 is 27.7. The fourth-order valence-corrected chi connectivity index (χ4v) is 2.66. The average molecular weight is 252 g/mol. The maximum Gasteiger partial charge on any atom is 0.257 e. The van der Waals surface area contributed by atoms with Gasteiger partial charge in [0.05, 0.1) is 5.92 Å². The van der Waals surface area contributed by atoms with Crippen molar-refractivity contribution in [2.45, 2.75) is 24.8 Å². The smallest absolute Gasteiger partial charge is 0.257 e. The van der Waals surface area contributed by atoms with Crippen molar-refractivity contribution >= 4 is 5.91 Å². The van der Waals surface area contributed by atoms with Crippen LogP contribution < -0.4 is 10.6 Å². The minimum absolute atomic E-state index is 0.120. The molecule has 2 N–H and O–H groups in total. The van der Waals surface area contributed by atoms with Gasteiger partial charge in [-0.2, -0.15) is 0 Å². The number of amides is 1. The SMILES string of the molecule is O=C1NCc2cc(C3CNCCC3(F)F)ccc21. The van der Waals surface area contributed by atoms with Crippen LogP contribution in [-0.4, -0.2) is 24.9 Å². The number of carbonyl (C=O) groups excluding carboxylic acids is 1. The minimum Gasteiger partial charge on any atom is -0.348 e. The molecule has 1 aromatic carbocycles. The Hall–Kier alpha value is -1.49. The van der Waals surface area contributed by atoms with Gasteiger partial charge in [-0.25, -0.2) is 8.78 Å². The topological polar surface area (TPSA) is 41.1 Å².